The van der Waals surface area contributed by atoms with Crippen LogP contribution in [0.15, 0.2) is 29.3 Å². The van der Waals surface area contributed by atoms with E-state index in [1.165, 1.54) is 19.0 Å². The summed E-state index contributed by atoms with van der Waals surface area (Å²) in [5.41, 5.74) is 1.14. The maximum absolute atomic E-state index is 11.3. The lowest BCUT2D eigenvalue weighted by atomic mass is 10.2. The van der Waals surface area contributed by atoms with Crippen molar-refractivity contribution < 1.29 is 0 Å². The van der Waals surface area contributed by atoms with Gasteiger partial charge in [0.25, 0.3) is 5.56 Å². The second-order valence-electron chi connectivity index (χ2n) is 5.00. The molecule has 1 aliphatic heterocycles. The van der Waals surface area contributed by atoms with Crippen molar-refractivity contribution in [2.24, 2.45) is 0 Å². The number of pyridine rings is 1. The molecular weight excluding hydrogens is 290 g/mol. The van der Waals surface area contributed by atoms with Gasteiger partial charge in [-0.1, -0.05) is 17.7 Å². The monoisotopic (exact) mass is 305 g/mol. The molecule has 6 nitrogen and oxygen atoms in total. The number of rotatable bonds is 4. The quantitative estimate of drug-likeness (QED) is 0.904. The van der Waals surface area contributed by atoms with Gasteiger partial charge in [0, 0.05) is 25.8 Å². The van der Waals surface area contributed by atoms with Gasteiger partial charge < -0.3 is 10.2 Å². The standard InChI is InChI=1S/C14H16ClN5O/c15-13-11(9-18-19-14(13)21)16-7-10-3-4-12(17-8-10)20-5-1-2-6-20/h3-4,8-9H,1-2,5-7H2,(H2,16,19,21). The second kappa shape index (κ2) is 6.13. The third-order valence-corrected chi connectivity index (χ3v) is 3.89. The Labute approximate surface area is 127 Å². The molecule has 1 aliphatic rings. The number of anilines is 2. The molecule has 0 spiro atoms. The van der Waals surface area contributed by atoms with E-state index in [0.717, 1.165) is 24.5 Å². The summed E-state index contributed by atoms with van der Waals surface area (Å²) in [4.78, 5) is 18.1. The highest BCUT2D eigenvalue weighted by atomic mass is 35.5. The molecule has 1 saturated heterocycles. The fourth-order valence-electron chi connectivity index (χ4n) is 2.36. The van der Waals surface area contributed by atoms with Gasteiger partial charge in [-0.25, -0.2) is 10.1 Å². The summed E-state index contributed by atoms with van der Waals surface area (Å²) in [6, 6.07) is 4.06. The Bertz CT molecular complexity index is 664. The van der Waals surface area contributed by atoms with Crippen LogP contribution in [-0.2, 0) is 6.54 Å². The molecule has 0 saturated carbocycles. The molecule has 110 valence electrons. The lowest BCUT2D eigenvalue weighted by Gasteiger charge is -2.16. The van der Waals surface area contributed by atoms with E-state index in [0.29, 0.717) is 12.2 Å². The summed E-state index contributed by atoms with van der Waals surface area (Å²) in [5.74, 6) is 1.02. The number of halogens is 1. The minimum atomic E-state index is -0.399. The molecule has 1 fully saturated rings. The van der Waals surface area contributed by atoms with Gasteiger partial charge in [0.15, 0.2) is 0 Å². The molecule has 0 aliphatic carbocycles. The number of nitrogens with one attached hydrogen (secondary N) is 2. The third-order valence-electron chi connectivity index (χ3n) is 3.52. The van der Waals surface area contributed by atoms with Crippen molar-refractivity contribution in [1.29, 1.82) is 0 Å². The van der Waals surface area contributed by atoms with Gasteiger partial charge in [-0.3, -0.25) is 4.79 Å². The maximum Gasteiger partial charge on any atom is 0.285 e. The van der Waals surface area contributed by atoms with E-state index in [2.05, 4.69) is 25.4 Å². The topological polar surface area (TPSA) is 73.9 Å². The highest BCUT2D eigenvalue weighted by Crippen LogP contribution is 2.19. The van der Waals surface area contributed by atoms with Crippen molar-refractivity contribution in [2.75, 3.05) is 23.3 Å². The average molecular weight is 306 g/mol. The molecule has 0 amide bonds. The zero-order chi connectivity index (χ0) is 14.7. The molecule has 3 rings (SSSR count). The normalized spacial score (nSPS) is 14.4. The zero-order valence-corrected chi connectivity index (χ0v) is 12.2. The molecule has 3 heterocycles. The van der Waals surface area contributed by atoms with Crippen molar-refractivity contribution in [3.05, 3.63) is 45.5 Å². The first-order valence-electron chi connectivity index (χ1n) is 6.91. The zero-order valence-electron chi connectivity index (χ0n) is 11.5. The minimum absolute atomic E-state index is 0.117. The predicted molar refractivity (Wildman–Crippen MR) is 82.9 cm³/mol. The van der Waals surface area contributed by atoms with Gasteiger partial charge in [-0.15, -0.1) is 0 Å². The van der Waals surface area contributed by atoms with Gasteiger partial charge in [0.2, 0.25) is 0 Å². The summed E-state index contributed by atoms with van der Waals surface area (Å²) in [6.45, 7) is 2.70. The Hall–Kier alpha value is -2.08. The Morgan fingerprint density at radius 3 is 2.81 bits per heavy atom. The molecule has 0 bridgehead atoms. The molecule has 7 heteroatoms. The number of aromatic nitrogens is 3. The fraction of sp³-hybridized carbons (Fsp3) is 0.357. The van der Waals surface area contributed by atoms with E-state index in [4.69, 9.17) is 11.6 Å². The molecule has 2 aromatic rings. The molecular formula is C14H16ClN5O. The molecule has 21 heavy (non-hydrogen) atoms. The Balaban J connectivity index is 1.65. The number of hydrogen-bond acceptors (Lipinski definition) is 5. The van der Waals surface area contributed by atoms with Gasteiger partial charge >= 0.3 is 0 Å². The summed E-state index contributed by atoms with van der Waals surface area (Å²) in [6.07, 6.45) is 5.81. The Kier molecular flexibility index (Phi) is 4.06. The first-order valence-corrected chi connectivity index (χ1v) is 7.29. The number of nitrogens with zero attached hydrogens (tertiary/aromatic N) is 3. The van der Waals surface area contributed by atoms with Crippen LogP contribution >= 0.6 is 11.6 Å². The van der Waals surface area contributed by atoms with Crippen molar-refractivity contribution in [2.45, 2.75) is 19.4 Å². The van der Waals surface area contributed by atoms with Crippen molar-refractivity contribution >= 4 is 23.1 Å². The van der Waals surface area contributed by atoms with E-state index in [9.17, 15) is 4.79 Å². The SMILES string of the molecule is O=c1[nH]ncc(NCc2ccc(N3CCCC3)nc2)c1Cl. The first kappa shape index (κ1) is 13.9. The molecule has 0 atom stereocenters. The molecule has 0 aromatic carbocycles. The van der Waals surface area contributed by atoms with Crippen LogP contribution in [0.4, 0.5) is 11.5 Å². The van der Waals surface area contributed by atoms with E-state index >= 15 is 0 Å². The van der Waals surface area contributed by atoms with E-state index in [1.807, 2.05) is 18.3 Å². The van der Waals surface area contributed by atoms with Gasteiger partial charge in [-0.2, -0.15) is 5.10 Å². The molecule has 0 radical (unpaired) electrons. The van der Waals surface area contributed by atoms with Gasteiger partial charge in [-0.05, 0) is 24.5 Å². The van der Waals surface area contributed by atoms with Crippen LogP contribution < -0.4 is 15.8 Å². The maximum atomic E-state index is 11.3. The van der Waals surface area contributed by atoms with Crippen LogP contribution in [0.5, 0.6) is 0 Å². The Morgan fingerprint density at radius 1 is 1.29 bits per heavy atom. The predicted octanol–water partition coefficient (Wildman–Crippen LogP) is 2.03. The summed E-state index contributed by atoms with van der Waals surface area (Å²) in [5, 5.41) is 9.21. The van der Waals surface area contributed by atoms with Crippen LogP contribution in [0.3, 0.4) is 0 Å². The second-order valence-corrected chi connectivity index (χ2v) is 5.38. The van der Waals surface area contributed by atoms with Crippen molar-refractivity contribution in [3.63, 3.8) is 0 Å². The smallest absolute Gasteiger partial charge is 0.285 e. The number of hydrogen-bond donors (Lipinski definition) is 2. The van der Waals surface area contributed by atoms with Gasteiger partial charge in [0.1, 0.15) is 10.8 Å². The highest BCUT2D eigenvalue weighted by molar-refractivity contribution is 6.32. The van der Waals surface area contributed by atoms with Gasteiger partial charge in [0.05, 0.1) is 11.9 Å². The Morgan fingerprint density at radius 2 is 2.10 bits per heavy atom. The van der Waals surface area contributed by atoms with Crippen LogP contribution in [0.2, 0.25) is 5.02 Å². The minimum Gasteiger partial charge on any atom is -0.378 e. The van der Waals surface area contributed by atoms with E-state index in [1.54, 1.807) is 0 Å². The van der Waals surface area contributed by atoms with E-state index < -0.39 is 5.56 Å². The van der Waals surface area contributed by atoms with Crippen LogP contribution in [-0.4, -0.2) is 28.3 Å². The van der Waals surface area contributed by atoms with Crippen LogP contribution in [0.25, 0.3) is 0 Å². The fourth-order valence-corrected chi connectivity index (χ4v) is 2.52. The highest BCUT2D eigenvalue weighted by Gasteiger charge is 2.13. The lowest BCUT2D eigenvalue weighted by Crippen LogP contribution is -2.18. The average Bonchev–Trinajstić information content (AvgIpc) is 3.04. The lowest BCUT2D eigenvalue weighted by molar-refractivity contribution is 0.931. The largest absolute Gasteiger partial charge is 0.378 e. The summed E-state index contributed by atoms with van der Waals surface area (Å²) < 4.78 is 0. The molecule has 0 unspecified atom stereocenters. The summed E-state index contributed by atoms with van der Waals surface area (Å²) >= 11 is 5.90. The molecule has 2 N–H and O–H groups in total. The van der Waals surface area contributed by atoms with Crippen molar-refractivity contribution in [3.8, 4) is 0 Å². The molecule has 2 aromatic heterocycles. The summed E-state index contributed by atoms with van der Waals surface area (Å²) in [7, 11) is 0. The number of aromatic amines is 1. The first-order chi connectivity index (χ1) is 10.2. The van der Waals surface area contributed by atoms with E-state index in [-0.39, 0.29) is 5.02 Å². The van der Waals surface area contributed by atoms with Crippen LogP contribution in [0, 0.1) is 0 Å². The third kappa shape index (κ3) is 3.16. The number of H-pyrrole nitrogens is 1. The van der Waals surface area contributed by atoms with Crippen molar-refractivity contribution in [1.82, 2.24) is 15.2 Å². The van der Waals surface area contributed by atoms with Crippen LogP contribution in [0.1, 0.15) is 18.4 Å².